The fraction of sp³-hybridized carbons (Fsp3) is 0.250. The number of hydrogen-bond acceptors (Lipinski definition) is 2. The summed E-state index contributed by atoms with van der Waals surface area (Å²) in [7, 11) is 0. The van der Waals surface area contributed by atoms with Crippen LogP contribution in [0.2, 0.25) is 0 Å². The van der Waals surface area contributed by atoms with Gasteiger partial charge in [0.2, 0.25) is 0 Å². The molecule has 0 amide bonds. The Kier molecular flexibility index (Phi) is 3.47. The number of para-hydroxylation sites is 1. The molecule has 19 heavy (non-hydrogen) atoms. The molecule has 2 aromatic rings. The van der Waals surface area contributed by atoms with Gasteiger partial charge in [0.25, 0.3) is 0 Å². The van der Waals surface area contributed by atoms with E-state index in [0.717, 1.165) is 17.7 Å². The van der Waals surface area contributed by atoms with E-state index in [1.165, 1.54) is 16.5 Å². The zero-order valence-electron chi connectivity index (χ0n) is 10.8. The van der Waals surface area contributed by atoms with Gasteiger partial charge in [0.05, 0.1) is 11.7 Å². The van der Waals surface area contributed by atoms with Crippen LogP contribution in [0.25, 0.3) is 0 Å². The number of halogens is 1. The monoisotopic (exact) mass is 273 g/mol. The van der Waals surface area contributed by atoms with Gasteiger partial charge in [-0.05, 0) is 36.6 Å². The van der Waals surface area contributed by atoms with Gasteiger partial charge in [0.15, 0.2) is 0 Å². The van der Waals surface area contributed by atoms with E-state index in [9.17, 15) is 4.39 Å². The van der Waals surface area contributed by atoms with E-state index in [2.05, 4.69) is 23.5 Å². The highest BCUT2D eigenvalue weighted by atomic mass is 32.2. The molecule has 2 aromatic carbocycles. The lowest BCUT2D eigenvalue weighted by atomic mass is 10.0. The van der Waals surface area contributed by atoms with Crippen molar-refractivity contribution < 1.29 is 4.39 Å². The van der Waals surface area contributed by atoms with Crippen molar-refractivity contribution in [3.8, 4) is 0 Å². The number of hydrogen-bond donors (Lipinski definition) is 1. The number of anilines is 1. The minimum absolute atomic E-state index is 0.171. The predicted octanol–water partition coefficient (Wildman–Crippen LogP) is 4.78. The van der Waals surface area contributed by atoms with Crippen molar-refractivity contribution in [1.82, 2.24) is 0 Å². The Hall–Kier alpha value is -1.48. The number of benzene rings is 2. The van der Waals surface area contributed by atoms with Crippen LogP contribution in [-0.4, -0.2) is 5.75 Å². The normalized spacial score (nSPS) is 17.9. The van der Waals surface area contributed by atoms with Gasteiger partial charge in [-0.1, -0.05) is 30.3 Å². The zero-order chi connectivity index (χ0) is 13.2. The highest BCUT2D eigenvalue weighted by molar-refractivity contribution is 7.99. The third kappa shape index (κ3) is 2.47. The van der Waals surface area contributed by atoms with Crippen LogP contribution in [0, 0.1) is 12.7 Å². The first kappa shape index (κ1) is 12.5. The Bertz CT molecular complexity index is 577. The highest BCUT2D eigenvalue weighted by Gasteiger charge is 2.21. The second-order valence-corrected chi connectivity index (χ2v) is 5.94. The van der Waals surface area contributed by atoms with E-state index in [-0.39, 0.29) is 11.9 Å². The lowest BCUT2D eigenvalue weighted by Gasteiger charge is -2.27. The van der Waals surface area contributed by atoms with Crippen LogP contribution in [0.3, 0.4) is 0 Å². The van der Waals surface area contributed by atoms with E-state index >= 15 is 0 Å². The lowest BCUT2D eigenvalue weighted by Crippen LogP contribution is -2.17. The fourth-order valence-electron chi connectivity index (χ4n) is 2.48. The summed E-state index contributed by atoms with van der Waals surface area (Å²) in [6, 6.07) is 13.8. The Labute approximate surface area is 117 Å². The SMILES string of the molecule is Cc1cccc(F)c1NC1CCSc2ccccc21. The minimum Gasteiger partial charge on any atom is -0.376 e. The Morgan fingerprint density at radius 2 is 2.00 bits per heavy atom. The fourth-order valence-corrected chi connectivity index (χ4v) is 3.61. The molecule has 1 unspecified atom stereocenters. The van der Waals surface area contributed by atoms with Crippen LogP contribution < -0.4 is 5.32 Å². The number of rotatable bonds is 2. The molecule has 1 N–H and O–H groups in total. The van der Waals surface area contributed by atoms with Crippen LogP contribution in [0.4, 0.5) is 10.1 Å². The molecule has 0 radical (unpaired) electrons. The Morgan fingerprint density at radius 1 is 1.16 bits per heavy atom. The number of thioether (sulfide) groups is 1. The summed E-state index contributed by atoms with van der Waals surface area (Å²) in [4.78, 5) is 1.31. The molecule has 1 aliphatic heterocycles. The van der Waals surface area contributed by atoms with Crippen LogP contribution in [0.1, 0.15) is 23.6 Å². The maximum atomic E-state index is 13.9. The van der Waals surface area contributed by atoms with Gasteiger partial charge in [-0.25, -0.2) is 4.39 Å². The van der Waals surface area contributed by atoms with Crippen LogP contribution in [0.5, 0.6) is 0 Å². The summed E-state index contributed by atoms with van der Waals surface area (Å²) in [5.41, 5.74) is 2.87. The van der Waals surface area contributed by atoms with Crippen LogP contribution in [-0.2, 0) is 0 Å². The molecule has 1 aliphatic rings. The molecule has 0 saturated carbocycles. The van der Waals surface area contributed by atoms with Gasteiger partial charge in [-0.15, -0.1) is 11.8 Å². The smallest absolute Gasteiger partial charge is 0.146 e. The summed E-state index contributed by atoms with van der Waals surface area (Å²) in [6.45, 7) is 1.94. The quantitative estimate of drug-likeness (QED) is 0.844. The molecule has 0 aromatic heterocycles. The van der Waals surface area contributed by atoms with Gasteiger partial charge in [-0.2, -0.15) is 0 Å². The summed E-state index contributed by atoms with van der Waals surface area (Å²) in [5.74, 6) is 0.901. The average molecular weight is 273 g/mol. The summed E-state index contributed by atoms with van der Waals surface area (Å²) >= 11 is 1.88. The maximum Gasteiger partial charge on any atom is 0.146 e. The van der Waals surface area contributed by atoms with Gasteiger partial charge in [0.1, 0.15) is 5.82 Å². The molecule has 0 saturated heterocycles. The minimum atomic E-state index is -0.171. The van der Waals surface area contributed by atoms with Crippen molar-refractivity contribution in [2.24, 2.45) is 0 Å². The zero-order valence-corrected chi connectivity index (χ0v) is 11.6. The van der Waals surface area contributed by atoms with Crippen molar-refractivity contribution in [2.45, 2.75) is 24.3 Å². The van der Waals surface area contributed by atoms with E-state index in [0.29, 0.717) is 5.69 Å². The topological polar surface area (TPSA) is 12.0 Å². The van der Waals surface area contributed by atoms with Crippen molar-refractivity contribution >= 4 is 17.4 Å². The first-order chi connectivity index (χ1) is 9.25. The highest BCUT2D eigenvalue weighted by Crippen LogP contribution is 2.38. The van der Waals surface area contributed by atoms with Gasteiger partial charge in [0, 0.05) is 10.6 Å². The van der Waals surface area contributed by atoms with Crippen LogP contribution >= 0.6 is 11.8 Å². The third-order valence-electron chi connectivity index (χ3n) is 3.50. The molecule has 3 heteroatoms. The number of aryl methyl sites for hydroxylation is 1. The van der Waals surface area contributed by atoms with Gasteiger partial charge in [-0.3, -0.25) is 0 Å². The molecule has 0 fully saturated rings. The lowest BCUT2D eigenvalue weighted by molar-refractivity contribution is 0.621. The largest absolute Gasteiger partial charge is 0.376 e. The van der Waals surface area contributed by atoms with Crippen molar-refractivity contribution in [1.29, 1.82) is 0 Å². The molecule has 1 heterocycles. The summed E-state index contributed by atoms with van der Waals surface area (Å²) < 4.78 is 13.9. The van der Waals surface area contributed by atoms with Crippen molar-refractivity contribution in [3.05, 3.63) is 59.4 Å². The second kappa shape index (κ2) is 5.25. The van der Waals surface area contributed by atoms with E-state index in [4.69, 9.17) is 0 Å². The second-order valence-electron chi connectivity index (χ2n) is 4.80. The first-order valence-corrected chi connectivity index (χ1v) is 7.47. The van der Waals surface area contributed by atoms with Crippen molar-refractivity contribution in [2.75, 3.05) is 11.1 Å². The molecule has 3 rings (SSSR count). The number of fused-ring (bicyclic) bond motifs is 1. The van der Waals surface area contributed by atoms with E-state index in [1.54, 1.807) is 6.07 Å². The number of nitrogens with one attached hydrogen (secondary N) is 1. The molecule has 0 bridgehead atoms. The van der Waals surface area contributed by atoms with Crippen LogP contribution in [0.15, 0.2) is 47.4 Å². The maximum absolute atomic E-state index is 13.9. The van der Waals surface area contributed by atoms with Gasteiger partial charge >= 0.3 is 0 Å². The standard InChI is InChI=1S/C16H16FNS/c1-11-5-4-7-13(17)16(11)18-14-9-10-19-15-8-3-2-6-12(14)15/h2-8,14,18H,9-10H2,1H3. The first-order valence-electron chi connectivity index (χ1n) is 6.49. The molecule has 98 valence electrons. The molecule has 1 nitrogen and oxygen atoms in total. The molecular weight excluding hydrogens is 257 g/mol. The third-order valence-corrected chi connectivity index (χ3v) is 4.62. The molecule has 0 aliphatic carbocycles. The molecular formula is C16H16FNS. The van der Waals surface area contributed by atoms with E-state index < -0.39 is 0 Å². The molecule has 0 spiro atoms. The summed E-state index contributed by atoms with van der Waals surface area (Å²) in [5, 5.41) is 3.39. The summed E-state index contributed by atoms with van der Waals surface area (Å²) in [6.07, 6.45) is 1.02. The predicted molar refractivity (Wildman–Crippen MR) is 79.3 cm³/mol. The average Bonchev–Trinajstić information content (AvgIpc) is 2.43. The van der Waals surface area contributed by atoms with E-state index in [1.807, 2.05) is 30.8 Å². The Balaban J connectivity index is 1.93. The Morgan fingerprint density at radius 3 is 2.84 bits per heavy atom. The molecule has 1 atom stereocenters. The van der Waals surface area contributed by atoms with Crippen molar-refractivity contribution in [3.63, 3.8) is 0 Å². The van der Waals surface area contributed by atoms with Gasteiger partial charge < -0.3 is 5.32 Å².